The van der Waals surface area contributed by atoms with E-state index in [1.54, 1.807) is 18.4 Å². The first kappa shape index (κ1) is 16.7. The molecule has 6 heteroatoms. The van der Waals surface area contributed by atoms with Crippen LogP contribution in [0.25, 0.3) is 11.0 Å². The number of hydrogen-bond donors (Lipinski definition) is 1. The number of furan rings is 1. The molecule has 5 nitrogen and oxygen atoms in total. The normalized spacial score (nSPS) is 18.7. The first-order chi connectivity index (χ1) is 12.6. The lowest BCUT2D eigenvalue weighted by molar-refractivity contribution is -0.134. The monoisotopic (exact) mass is 367 g/mol. The molecule has 1 saturated heterocycles. The van der Waals surface area contributed by atoms with Gasteiger partial charge in [0.25, 0.3) is 0 Å². The Balaban J connectivity index is 1.65. The molecule has 0 radical (unpaired) electrons. The summed E-state index contributed by atoms with van der Waals surface area (Å²) in [4.78, 5) is 24.2. The van der Waals surface area contributed by atoms with Gasteiger partial charge in [-0.05, 0) is 30.2 Å². The number of carbonyl (C=O) groups is 2. The molecule has 1 N–H and O–H groups in total. The SMILES string of the molecule is O=C1CCC(c2coc3ccc(S(=O)Cc4ccccc4)cc23)C(=O)N1. The van der Waals surface area contributed by atoms with E-state index >= 15 is 0 Å². The molecular weight excluding hydrogens is 350 g/mol. The molecule has 3 aromatic rings. The van der Waals surface area contributed by atoms with Crippen LogP contribution in [0.3, 0.4) is 0 Å². The number of carbonyl (C=O) groups excluding carboxylic acids is 2. The summed E-state index contributed by atoms with van der Waals surface area (Å²) in [6.07, 6.45) is 2.33. The van der Waals surface area contributed by atoms with Crippen molar-refractivity contribution in [1.82, 2.24) is 5.32 Å². The third kappa shape index (κ3) is 3.20. The van der Waals surface area contributed by atoms with Crippen LogP contribution >= 0.6 is 0 Å². The summed E-state index contributed by atoms with van der Waals surface area (Å²) in [6.45, 7) is 0. The van der Waals surface area contributed by atoms with Crippen molar-refractivity contribution in [3.63, 3.8) is 0 Å². The summed E-state index contributed by atoms with van der Waals surface area (Å²) in [5, 5.41) is 3.15. The maximum absolute atomic E-state index is 12.7. The fourth-order valence-electron chi connectivity index (χ4n) is 3.24. The third-order valence-corrected chi connectivity index (χ3v) is 5.97. The lowest BCUT2D eigenvalue weighted by atomic mass is 9.90. The second-order valence-corrected chi connectivity index (χ2v) is 7.78. The smallest absolute Gasteiger partial charge is 0.234 e. The van der Waals surface area contributed by atoms with Crippen molar-refractivity contribution < 1.29 is 18.2 Å². The van der Waals surface area contributed by atoms with Gasteiger partial charge in [0.2, 0.25) is 11.8 Å². The van der Waals surface area contributed by atoms with Crippen LogP contribution in [0.5, 0.6) is 0 Å². The van der Waals surface area contributed by atoms with Crippen molar-refractivity contribution in [3.8, 4) is 0 Å². The molecule has 2 heterocycles. The Morgan fingerprint density at radius 1 is 1.12 bits per heavy atom. The highest BCUT2D eigenvalue weighted by atomic mass is 32.2. The largest absolute Gasteiger partial charge is 0.464 e. The lowest BCUT2D eigenvalue weighted by Gasteiger charge is -2.19. The van der Waals surface area contributed by atoms with Crippen LogP contribution in [0.4, 0.5) is 0 Å². The number of amides is 2. The Kier molecular flexibility index (Phi) is 4.42. The second kappa shape index (κ2) is 6.88. The fourth-order valence-corrected chi connectivity index (χ4v) is 4.37. The summed E-state index contributed by atoms with van der Waals surface area (Å²) in [5.74, 6) is -0.548. The van der Waals surface area contributed by atoms with Crippen LogP contribution < -0.4 is 5.32 Å². The zero-order valence-corrected chi connectivity index (χ0v) is 14.8. The van der Waals surface area contributed by atoms with E-state index in [0.29, 0.717) is 29.1 Å². The first-order valence-electron chi connectivity index (χ1n) is 8.39. The molecule has 1 aromatic heterocycles. The number of nitrogens with one attached hydrogen (secondary N) is 1. The zero-order chi connectivity index (χ0) is 18.1. The number of imide groups is 1. The minimum absolute atomic E-state index is 0.247. The van der Waals surface area contributed by atoms with Crippen LogP contribution in [0, 0.1) is 0 Å². The summed E-state index contributed by atoms with van der Waals surface area (Å²) in [5.41, 5.74) is 2.39. The van der Waals surface area contributed by atoms with Crippen molar-refractivity contribution in [2.45, 2.75) is 29.4 Å². The second-order valence-electron chi connectivity index (χ2n) is 6.33. The van der Waals surface area contributed by atoms with Crippen LogP contribution in [-0.4, -0.2) is 16.0 Å². The molecule has 0 bridgehead atoms. The maximum atomic E-state index is 12.7. The van der Waals surface area contributed by atoms with E-state index in [9.17, 15) is 13.8 Å². The van der Waals surface area contributed by atoms with Crippen LogP contribution in [0.1, 0.15) is 29.9 Å². The molecule has 132 valence electrons. The van der Waals surface area contributed by atoms with Crippen molar-refractivity contribution in [2.75, 3.05) is 0 Å². The van der Waals surface area contributed by atoms with Crippen LogP contribution in [0.2, 0.25) is 0 Å². The number of piperidine rings is 1. The van der Waals surface area contributed by atoms with Gasteiger partial charge in [0.1, 0.15) is 5.58 Å². The van der Waals surface area contributed by atoms with E-state index in [0.717, 1.165) is 16.5 Å². The fraction of sp³-hybridized carbons (Fsp3) is 0.200. The van der Waals surface area contributed by atoms with Gasteiger partial charge in [-0.25, -0.2) is 0 Å². The van der Waals surface area contributed by atoms with Gasteiger partial charge in [-0.1, -0.05) is 30.3 Å². The van der Waals surface area contributed by atoms with Crippen molar-refractivity contribution in [3.05, 3.63) is 65.9 Å². The predicted octanol–water partition coefficient (Wildman–Crippen LogP) is 3.26. The van der Waals surface area contributed by atoms with Gasteiger partial charge in [-0.15, -0.1) is 0 Å². The zero-order valence-electron chi connectivity index (χ0n) is 13.9. The van der Waals surface area contributed by atoms with Gasteiger partial charge in [-0.3, -0.25) is 19.1 Å². The number of fused-ring (bicyclic) bond motifs is 1. The van der Waals surface area contributed by atoms with Gasteiger partial charge < -0.3 is 4.42 Å². The Morgan fingerprint density at radius 2 is 1.92 bits per heavy atom. The van der Waals surface area contributed by atoms with E-state index in [4.69, 9.17) is 4.42 Å². The highest BCUT2D eigenvalue weighted by molar-refractivity contribution is 7.84. The molecule has 4 rings (SSSR count). The molecule has 2 aromatic carbocycles. The summed E-state index contributed by atoms with van der Waals surface area (Å²) in [7, 11) is -1.20. The molecule has 2 unspecified atom stereocenters. The number of hydrogen-bond acceptors (Lipinski definition) is 4. The van der Waals surface area contributed by atoms with E-state index in [-0.39, 0.29) is 11.8 Å². The van der Waals surface area contributed by atoms with Crippen LogP contribution in [-0.2, 0) is 26.1 Å². The summed E-state index contributed by atoms with van der Waals surface area (Å²) in [6, 6.07) is 15.1. The minimum Gasteiger partial charge on any atom is -0.464 e. The van der Waals surface area contributed by atoms with Gasteiger partial charge in [0.15, 0.2) is 0 Å². The molecule has 0 spiro atoms. The van der Waals surface area contributed by atoms with E-state index in [2.05, 4.69) is 5.32 Å². The quantitative estimate of drug-likeness (QED) is 0.718. The maximum Gasteiger partial charge on any atom is 0.234 e. The molecular formula is C20H17NO4S. The van der Waals surface area contributed by atoms with Crippen LogP contribution in [0.15, 0.2) is 64.1 Å². The Morgan fingerprint density at radius 3 is 2.69 bits per heavy atom. The van der Waals surface area contributed by atoms with Crippen molar-refractivity contribution >= 4 is 33.6 Å². The molecule has 0 aliphatic carbocycles. The highest BCUT2D eigenvalue weighted by Crippen LogP contribution is 2.33. The van der Waals surface area contributed by atoms with Gasteiger partial charge in [0.05, 0.1) is 28.7 Å². The first-order valence-corrected chi connectivity index (χ1v) is 9.71. The predicted molar refractivity (Wildman–Crippen MR) is 97.9 cm³/mol. The number of benzene rings is 2. The molecule has 1 fully saturated rings. The van der Waals surface area contributed by atoms with Gasteiger partial charge in [-0.2, -0.15) is 0 Å². The van der Waals surface area contributed by atoms with Crippen molar-refractivity contribution in [1.29, 1.82) is 0 Å². The Bertz CT molecular complexity index is 1010. The molecule has 0 saturated carbocycles. The molecule has 1 aliphatic rings. The molecule has 2 amide bonds. The third-order valence-electron chi connectivity index (χ3n) is 4.59. The number of rotatable bonds is 4. The Hall–Kier alpha value is -2.73. The van der Waals surface area contributed by atoms with Crippen molar-refractivity contribution in [2.24, 2.45) is 0 Å². The van der Waals surface area contributed by atoms with E-state index in [1.165, 1.54) is 0 Å². The Labute approximate surface area is 152 Å². The topological polar surface area (TPSA) is 76.4 Å². The standard InChI is InChI=1S/C20H17NO4S/c22-19-9-7-15(20(23)21-19)17-11-25-18-8-6-14(10-16(17)18)26(24)12-13-4-2-1-3-5-13/h1-6,8,10-11,15H,7,9,12H2,(H,21,22,23). The van der Waals surface area contributed by atoms with Gasteiger partial charge in [0, 0.05) is 22.3 Å². The average Bonchev–Trinajstić information content (AvgIpc) is 3.05. The summed E-state index contributed by atoms with van der Waals surface area (Å²) < 4.78 is 18.3. The summed E-state index contributed by atoms with van der Waals surface area (Å²) >= 11 is 0. The molecule has 26 heavy (non-hydrogen) atoms. The van der Waals surface area contributed by atoms with E-state index < -0.39 is 16.7 Å². The van der Waals surface area contributed by atoms with E-state index in [1.807, 2.05) is 36.4 Å². The highest BCUT2D eigenvalue weighted by Gasteiger charge is 2.30. The minimum atomic E-state index is -1.20. The molecule has 2 atom stereocenters. The average molecular weight is 367 g/mol. The molecule has 1 aliphatic heterocycles. The van der Waals surface area contributed by atoms with Gasteiger partial charge >= 0.3 is 0 Å². The lowest BCUT2D eigenvalue weighted by Crippen LogP contribution is -2.39.